The predicted octanol–water partition coefficient (Wildman–Crippen LogP) is 1.72. The standard InChI is InChI=1S/C10H6N2O/c11-5-7-6-12-9-4-2-1-3-8(9)10(7)13/h1-4,6-7H. The Morgan fingerprint density at radius 2 is 2.15 bits per heavy atom. The minimum Gasteiger partial charge on any atom is -0.292 e. The zero-order chi connectivity index (χ0) is 9.26. The van der Waals surface area contributed by atoms with Crippen LogP contribution in [-0.2, 0) is 0 Å². The summed E-state index contributed by atoms with van der Waals surface area (Å²) in [6, 6.07) is 8.94. The molecule has 1 aliphatic rings. The van der Waals surface area contributed by atoms with Crippen molar-refractivity contribution in [3.63, 3.8) is 0 Å². The van der Waals surface area contributed by atoms with Gasteiger partial charge in [0, 0.05) is 11.8 Å². The van der Waals surface area contributed by atoms with Crippen LogP contribution in [0.3, 0.4) is 0 Å². The van der Waals surface area contributed by atoms with Gasteiger partial charge in [0.05, 0.1) is 11.8 Å². The Kier molecular flexibility index (Phi) is 1.67. The molecule has 1 atom stereocenters. The first-order valence-corrected chi connectivity index (χ1v) is 3.90. The number of ketones is 1. The molecule has 0 radical (unpaired) electrons. The van der Waals surface area contributed by atoms with Crippen molar-refractivity contribution in [3.8, 4) is 6.07 Å². The van der Waals surface area contributed by atoms with E-state index in [2.05, 4.69) is 4.99 Å². The van der Waals surface area contributed by atoms with Crippen molar-refractivity contribution in [2.75, 3.05) is 0 Å². The number of carbonyl (C=O) groups excluding carboxylic acids is 1. The van der Waals surface area contributed by atoms with E-state index in [4.69, 9.17) is 5.26 Å². The number of nitrogens with zero attached hydrogens (tertiary/aromatic N) is 2. The molecule has 13 heavy (non-hydrogen) atoms. The van der Waals surface area contributed by atoms with Crippen LogP contribution in [-0.4, -0.2) is 12.0 Å². The molecule has 1 unspecified atom stereocenters. The van der Waals surface area contributed by atoms with E-state index < -0.39 is 5.92 Å². The van der Waals surface area contributed by atoms with E-state index >= 15 is 0 Å². The molecule has 0 fully saturated rings. The van der Waals surface area contributed by atoms with Gasteiger partial charge < -0.3 is 0 Å². The fourth-order valence-electron chi connectivity index (χ4n) is 1.28. The highest BCUT2D eigenvalue weighted by Gasteiger charge is 2.23. The van der Waals surface area contributed by atoms with Crippen molar-refractivity contribution in [1.82, 2.24) is 0 Å². The summed E-state index contributed by atoms with van der Waals surface area (Å²) in [4.78, 5) is 15.6. The fourth-order valence-corrected chi connectivity index (χ4v) is 1.28. The first-order valence-electron chi connectivity index (χ1n) is 3.90. The van der Waals surface area contributed by atoms with Gasteiger partial charge in [0.2, 0.25) is 0 Å². The van der Waals surface area contributed by atoms with E-state index in [0.717, 1.165) is 0 Å². The van der Waals surface area contributed by atoms with Crippen molar-refractivity contribution in [1.29, 1.82) is 5.26 Å². The van der Waals surface area contributed by atoms with Crippen LogP contribution in [0.1, 0.15) is 10.4 Å². The predicted molar refractivity (Wildman–Crippen MR) is 48.0 cm³/mol. The molecule has 0 saturated heterocycles. The number of rotatable bonds is 0. The highest BCUT2D eigenvalue weighted by Crippen LogP contribution is 2.25. The Balaban J connectivity index is 2.56. The SMILES string of the molecule is N#CC1C=Nc2ccccc2C1=O. The van der Waals surface area contributed by atoms with E-state index in [1.54, 1.807) is 18.2 Å². The summed E-state index contributed by atoms with van der Waals surface area (Å²) in [6.45, 7) is 0. The van der Waals surface area contributed by atoms with Crippen LogP contribution >= 0.6 is 0 Å². The second-order valence-corrected chi connectivity index (χ2v) is 2.77. The second-order valence-electron chi connectivity index (χ2n) is 2.77. The first kappa shape index (κ1) is 7.69. The molecular formula is C10H6N2O. The summed E-state index contributed by atoms with van der Waals surface area (Å²) in [6.07, 6.45) is 1.39. The summed E-state index contributed by atoms with van der Waals surface area (Å²) in [5, 5.41) is 8.62. The van der Waals surface area contributed by atoms with Crippen LogP contribution in [0.5, 0.6) is 0 Å². The van der Waals surface area contributed by atoms with Gasteiger partial charge in [-0.1, -0.05) is 12.1 Å². The van der Waals surface area contributed by atoms with E-state index in [-0.39, 0.29) is 5.78 Å². The Hall–Kier alpha value is -1.95. The topological polar surface area (TPSA) is 53.2 Å². The maximum atomic E-state index is 11.5. The van der Waals surface area contributed by atoms with Gasteiger partial charge in [-0.05, 0) is 12.1 Å². The first-order chi connectivity index (χ1) is 6.33. The molecule has 3 nitrogen and oxygen atoms in total. The van der Waals surface area contributed by atoms with Gasteiger partial charge in [-0.2, -0.15) is 5.26 Å². The van der Waals surface area contributed by atoms with E-state index in [9.17, 15) is 4.79 Å². The van der Waals surface area contributed by atoms with Crippen LogP contribution in [0.4, 0.5) is 5.69 Å². The summed E-state index contributed by atoms with van der Waals surface area (Å²) < 4.78 is 0. The molecule has 0 N–H and O–H groups in total. The van der Waals surface area contributed by atoms with E-state index in [0.29, 0.717) is 11.3 Å². The summed E-state index contributed by atoms with van der Waals surface area (Å²) in [7, 11) is 0. The summed E-state index contributed by atoms with van der Waals surface area (Å²) in [5.41, 5.74) is 1.19. The Morgan fingerprint density at radius 3 is 2.92 bits per heavy atom. The van der Waals surface area contributed by atoms with Crippen molar-refractivity contribution < 1.29 is 4.79 Å². The quantitative estimate of drug-likeness (QED) is 0.595. The lowest BCUT2D eigenvalue weighted by atomic mass is 9.96. The molecule has 0 aromatic heterocycles. The molecule has 0 amide bonds. The Labute approximate surface area is 75.3 Å². The minimum absolute atomic E-state index is 0.159. The molecule has 1 aliphatic heterocycles. The number of nitriles is 1. The van der Waals surface area contributed by atoms with Crippen molar-refractivity contribution in [3.05, 3.63) is 29.8 Å². The third-order valence-electron chi connectivity index (χ3n) is 1.95. The maximum Gasteiger partial charge on any atom is 0.187 e. The van der Waals surface area contributed by atoms with Crippen molar-refractivity contribution in [2.24, 2.45) is 10.9 Å². The van der Waals surface area contributed by atoms with Gasteiger partial charge >= 0.3 is 0 Å². The van der Waals surface area contributed by atoms with Gasteiger partial charge in [-0.15, -0.1) is 0 Å². The molecule has 62 valence electrons. The smallest absolute Gasteiger partial charge is 0.187 e. The molecular weight excluding hydrogens is 164 g/mol. The van der Waals surface area contributed by atoms with Crippen molar-refractivity contribution in [2.45, 2.75) is 0 Å². The van der Waals surface area contributed by atoms with Crippen molar-refractivity contribution >= 4 is 17.7 Å². The fraction of sp³-hybridized carbons (Fsp3) is 0.100. The van der Waals surface area contributed by atoms with Gasteiger partial charge in [0.25, 0.3) is 0 Å². The normalized spacial score (nSPS) is 19.3. The summed E-state index contributed by atoms with van der Waals surface area (Å²) >= 11 is 0. The highest BCUT2D eigenvalue weighted by atomic mass is 16.1. The van der Waals surface area contributed by atoms with Gasteiger partial charge in [0.15, 0.2) is 5.78 Å². The number of benzene rings is 1. The lowest BCUT2D eigenvalue weighted by Crippen LogP contribution is -2.17. The number of hydrogen-bond acceptors (Lipinski definition) is 3. The van der Waals surface area contributed by atoms with Gasteiger partial charge in [-0.25, -0.2) is 0 Å². The average molecular weight is 170 g/mol. The minimum atomic E-state index is -0.713. The number of carbonyl (C=O) groups is 1. The average Bonchev–Trinajstić information content (AvgIpc) is 2.19. The number of hydrogen-bond donors (Lipinski definition) is 0. The number of Topliss-reactive ketones (excluding diaryl/α,β-unsaturated/α-hetero) is 1. The van der Waals surface area contributed by atoms with Gasteiger partial charge in [0.1, 0.15) is 5.92 Å². The molecule has 1 aromatic rings. The molecule has 3 heteroatoms. The third kappa shape index (κ3) is 1.13. The third-order valence-corrected chi connectivity index (χ3v) is 1.95. The zero-order valence-electron chi connectivity index (χ0n) is 6.77. The van der Waals surface area contributed by atoms with Crippen LogP contribution in [0, 0.1) is 17.2 Å². The Morgan fingerprint density at radius 1 is 1.38 bits per heavy atom. The molecule has 0 bridgehead atoms. The van der Waals surface area contributed by atoms with Crippen LogP contribution in [0.25, 0.3) is 0 Å². The number of para-hydroxylation sites is 1. The Bertz CT molecular complexity index is 429. The molecule has 0 saturated carbocycles. The van der Waals surface area contributed by atoms with Crippen LogP contribution in [0.2, 0.25) is 0 Å². The maximum absolute atomic E-state index is 11.5. The number of aliphatic imine (C=N–C) groups is 1. The monoisotopic (exact) mass is 170 g/mol. The molecule has 0 aliphatic carbocycles. The molecule has 1 aromatic carbocycles. The van der Waals surface area contributed by atoms with Gasteiger partial charge in [-0.3, -0.25) is 9.79 Å². The van der Waals surface area contributed by atoms with Crippen LogP contribution in [0.15, 0.2) is 29.3 Å². The number of fused-ring (bicyclic) bond motifs is 1. The molecule has 0 spiro atoms. The largest absolute Gasteiger partial charge is 0.292 e. The van der Waals surface area contributed by atoms with E-state index in [1.165, 1.54) is 6.21 Å². The zero-order valence-corrected chi connectivity index (χ0v) is 6.77. The highest BCUT2D eigenvalue weighted by molar-refractivity contribution is 6.13. The lowest BCUT2D eigenvalue weighted by molar-refractivity contribution is 0.0975. The lowest BCUT2D eigenvalue weighted by Gasteiger charge is -2.10. The molecule has 2 rings (SSSR count). The van der Waals surface area contributed by atoms with Crippen LogP contribution < -0.4 is 0 Å². The molecule has 1 heterocycles. The summed E-state index contributed by atoms with van der Waals surface area (Å²) in [5.74, 6) is -0.872. The second kappa shape index (κ2) is 2.83. The van der Waals surface area contributed by atoms with E-state index in [1.807, 2.05) is 12.1 Å².